The van der Waals surface area contributed by atoms with Crippen LogP contribution in [-0.2, 0) is 4.74 Å². The second kappa shape index (κ2) is 11.9. The van der Waals surface area contributed by atoms with Crippen LogP contribution in [0.4, 0.5) is 19.4 Å². The van der Waals surface area contributed by atoms with E-state index in [4.69, 9.17) is 15.2 Å². The number of amides is 1. The molecule has 4 rings (SSSR count). The summed E-state index contributed by atoms with van der Waals surface area (Å²) in [6, 6.07) is 6.88. The van der Waals surface area contributed by atoms with Gasteiger partial charge in [0.15, 0.2) is 0 Å². The summed E-state index contributed by atoms with van der Waals surface area (Å²) in [5, 5.41) is 0. The van der Waals surface area contributed by atoms with Crippen molar-refractivity contribution in [2.45, 2.75) is 44.8 Å². The van der Waals surface area contributed by atoms with Crippen LogP contribution in [0.25, 0.3) is 0 Å². The highest BCUT2D eigenvalue weighted by Crippen LogP contribution is 2.32. The molecule has 2 aromatic rings. The Kier molecular flexibility index (Phi) is 9.13. The van der Waals surface area contributed by atoms with Gasteiger partial charge in [-0.05, 0) is 68.5 Å². The van der Waals surface area contributed by atoms with E-state index in [0.29, 0.717) is 50.0 Å². The second-order valence-electron chi connectivity index (χ2n) is 9.37. The topological polar surface area (TPSA) is 80.9 Å². The van der Waals surface area contributed by atoms with Crippen LogP contribution in [0, 0.1) is 17.6 Å². The minimum Gasteiger partial charge on any atom is -0.492 e. The van der Waals surface area contributed by atoms with E-state index in [1.807, 2.05) is 30.9 Å². The maximum absolute atomic E-state index is 14.2. The normalized spacial score (nSPS) is 20.6. The fourth-order valence-electron chi connectivity index (χ4n) is 4.56. The van der Waals surface area contributed by atoms with Crippen LogP contribution >= 0.6 is 12.4 Å². The lowest BCUT2D eigenvalue weighted by atomic mass is 9.94. The summed E-state index contributed by atoms with van der Waals surface area (Å²) in [7, 11) is 0. The van der Waals surface area contributed by atoms with Crippen molar-refractivity contribution in [3.05, 3.63) is 53.7 Å². The summed E-state index contributed by atoms with van der Waals surface area (Å²) >= 11 is 0. The van der Waals surface area contributed by atoms with Crippen molar-refractivity contribution in [1.82, 2.24) is 9.88 Å². The number of carbonyl (C=O) groups is 1. The van der Waals surface area contributed by atoms with Crippen LogP contribution in [0.3, 0.4) is 0 Å². The first-order valence-electron chi connectivity index (χ1n) is 11.8. The third kappa shape index (κ3) is 6.73. The van der Waals surface area contributed by atoms with Gasteiger partial charge in [0.2, 0.25) is 0 Å². The van der Waals surface area contributed by atoms with Gasteiger partial charge in [-0.2, -0.15) is 0 Å². The number of carbonyl (C=O) groups excluding carboxylic acids is 1. The fraction of sp³-hybridized carbons (Fsp3) is 0.520. The van der Waals surface area contributed by atoms with Crippen molar-refractivity contribution in [3.63, 3.8) is 0 Å². The van der Waals surface area contributed by atoms with Gasteiger partial charge in [0.25, 0.3) is 0 Å². The number of piperidine rings is 1. The van der Waals surface area contributed by atoms with Crippen LogP contribution in [0.5, 0.6) is 5.75 Å². The third-order valence-electron chi connectivity index (χ3n) is 6.46. The maximum atomic E-state index is 14.2. The number of likely N-dealkylation sites (tertiary alicyclic amines) is 1. The number of nitrogens with two attached hydrogens (primary N) is 1. The summed E-state index contributed by atoms with van der Waals surface area (Å²) < 4.78 is 39.0. The molecule has 192 valence electrons. The van der Waals surface area contributed by atoms with Crippen LogP contribution < -0.4 is 15.4 Å². The minimum atomic E-state index is -0.470. The molecule has 10 heteroatoms. The molecule has 3 heterocycles. The number of pyridine rings is 1. The standard InChI is InChI=1S/C25H32F2N4O3.ClH/c1-16(2)34-25(32)30-9-7-17(8-10-30)15-33-19-4-6-24(29-12-19)31-13-21(23(28)14-31)20-11-18(26)3-5-22(20)27;/h3-6,11-12,16-17,21,23H,7-10,13-15,28H2,1-2H3;1H/t21-,23+;/m1./s1. The van der Waals surface area contributed by atoms with Crippen LogP contribution in [0.1, 0.15) is 38.2 Å². The predicted octanol–water partition coefficient (Wildman–Crippen LogP) is 4.35. The Morgan fingerprint density at radius 3 is 2.57 bits per heavy atom. The average molecular weight is 511 g/mol. The predicted molar refractivity (Wildman–Crippen MR) is 132 cm³/mol. The van der Waals surface area contributed by atoms with Gasteiger partial charge in [-0.25, -0.2) is 18.6 Å². The monoisotopic (exact) mass is 510 g/mol. The molecule has 0 radical (unpaired) electrons. The SMILES string of the molecule is CC(C)OC(=O)N1CCC(COc2ccc(N3C[C@H](c4cc(F)ccc4F)[C@@H](N)C3)nc2)CC1.Cl. The van der Waals surface area contributed by atoms with E-state index < -0.39 is 11.6 Å². The molecule has 35 heavy (non-hydrogen) atoms. The van der Waals surface area contributed by atoms with E-state index in [1.54, 1.807) is 11.1 Å². The second-order valence-corrected chi connectivity index (χ2v) is 9.37. The molecule has 2 fully saturated rings. The zero-order valence-corrected chi connectivity index (χ0v) is 20.8. The summed E-state index contributed by atoms with van der Waals surface area (Å²) in [5.41, 5.74) is 6.56. The molecule has 2 saturated heterocycles. The molecule has 2 N–H and O–H groups in total. The minimum absolute atomic E-state index is 0. The van der Waals surface area contributed by atoms with Gasteiger partial charge in [-0.15, -0.1) is 12.4 Å². The lowest BCUT2D eigenvalue weighted by Gasteiger charge is -2.31. The molecule has 0 aliphatic carbocycles. The molecule has 2 atom stereocenters. The number of rotatable bonds is 6. The Morgan fingerprint density at radius 2 is 1.91 bits per heavy atom. The molecule has 1 aromatic heterocycles. The van der Waals surface area contributed by atoms with E-state index in [2.05, 4.69) is 4.98 Å². The smallest absolute Gasteiger partial charge is 0.410 e. The highest BCUT2D eigenvalue weighted by atomic mass is 35.5. The van der Waals surface area contributed by atoms with E-state index in [9.17, 15) is 13.6 Å². The van der Waals surface area contributed by atoms with Crippen LogP contribution in [-0.4, -0.2) is 60.9 Å². The Labute approximate surface area is 211 Å². The Balaban J connectivity index is 0.00000342. The van der Waals surface area contributed by atoms with Crippen molar-refractivity contribution >= 4 is 24.3 Å². The molecule has 0 spiro atoms. The lowest BCUT2D eigenvalue weighted by molar-refractivity contribution is 0.0608. The first-order chi connectivity index (χ1) is 16.3. The number of halogens is 3. The fourth-order valence-corrected chi connectivity index (χ4v) is 4.56. The van der Waals surface area contributed by atoms with Gasteiger partial charge in [0.05, 0.1) is 18.9 Å². The van der Waals surface area contributed by atoms with Gasteiger partial charge in [0.1, 0.15) is 23.2 Å². The van der Waals surface area contributed by atoms with E-state index >= 15 is 0 Å². The summed E-state index contributed by atoms with van der Waals surface area (Å²) in [4.78, 5) is 20.2. The van der Waals surface area contributed by atoms with Crippen molar-refractivity contribution in [2.24, 2.45) is 11.7 Å². The van der Waals surface area contributed by atoms with Crippen molar-refractivity contribution in [3.8, 4) is 5.75 Å². The molecule has 1 aromatic carbocycles. The third-order valence-corrected chi connectivity index (χ3v) is 6.46. The molecule has 2 aliphatic heterocycles. The molecule has 0 saturated carbocycles. The first kappa shape index (κ1) is 26.9. The number of aromatic nitrogens is 1. The van der Waals surface area contributed by atoms with Gasteiger partial charge in [0, 0.05) is 38.1 Å². The van der Waals surface area contributed by atoms with E-state index in [-0.39, 0.29) is 36.6 Å². The summed E-state index contributed by atoms with van der Waals surface area (Å²) in [5.74, 6) is 0.532. The highest BCUT2D eigenvalue weighted by Gasteiger charge is 2.34. The number of ether oxygens (including phenoxy) is 2. The van der Waals surface area contributed by atoms with E-state index in [1.165, 1.54) is 6.07 Å². The number of hydrogen-bond donors (Lipinski definition) is 1. The number of benzene rings is 1. The quantitative estimate of drug-likeness (QED) is 0.622. The molecule has 2 aliphatic rings. The van der Waals surface area contributed by atoms with Crippen molar-refractivity contribution < 1.29 is 23.0 Å². The van der Waals surface area contributed by atoms with Gasteiger partial charge in [-0.3, -0.25) is 0 Å². The largest absolute Gasteiger partial charge is 0.492 e. The van der Waals surface area contributed by atoms with E-state index in [0.717, 1.165) is 30.8 Å². The van der Waals surface area contributed by atoms with Gasteiger partial charge < -0.3 is 25.0 Å². The van der Waals surface area contributed by atoms with Gasteiger partial charge in [-0.1, -0.05) is 0 Å². The van der Waals surface area contributed by atoms with Gasteiger partial charge >= 0.3 is 6.09 Å². The molecule has 0 unspecified atom stereocenters. The molecule has 0 bridgehead atoms. The average Bonchev–Trinajstić information content (AvgIpc) is 3.21. The number of nitrogens with zero attached hydrogens (tertiary/aromatic N) is 3. The summed E-state index contributed by atoms with van der Waals surface area (Å²) in [6.45, 7) is 6.55. The maximum Gasteiger partial charge on any atom is 0.410 e. The number of hydrogen-bond acceptors (Lipinski definition) is 6. The van der Waals surface area contributed by atoms with Crippen molar-refractivity contribution in [1.29, 1.82) is 0 Å². The molecule has 7 nitrogen and oxygen atoms in total. The molecular formula is C25H33ClF2N4O3. The first-order valence-corrected chi connectivity index (χ1v) is 11.8. The molecular weight excluding hydrogens is 478 g/mol. The lowest BCUT2D eigenvalue weighted by Crippen LogP contribution is -2.40. The Bertz CT molecular complexity index is 987. The number of anilines is 1. The Hall–Kier alpha value is -2.65. The summed E-state index contributed by atoms with van der Waals surface area (Å²) in [6.07, 6.45) is 3.03. The van der Waals surface area contributed by atoms with Crippen LogP contribution in [0.15, 0.2) is 36.5 Å². The molecule has 1 amide bonds. The van der Waals surface area contributed by atoms with Crippen LogP contribution in [0.2, 0.25) is 0 Å². The zero-order valence-electron chi connectivity index (χ0n) is 20.0. The highest BCUT2D eigenvalue weighted by molar-refractivity contribution is 5.85. The Morgan fingerprint density at radius 1 is 1.17 bits per heavy atom. The zero-order chi connectivity index (χ0) is 24.2. The van der Waals surface area contributed by atoms with Crippen molar-refractivity contribution in [2.75, 3.05) is 37.7 Å².